The molecular formula is C16H20N6O5. The number of nitrogens with zero attached hydrogens (tertiary/aromatic N) is 4. The third kappa shape index (κ3) is 4.91. The number of carbonyl (C=O) groups excluding carboxylic acids is 1. The molecule has 27 heavy (non-hydrogen) atoms. The molecule has 11 nitrogen and oxygen atoms in total. The van der Waals surface area contributed by atoms with E-state index in [1.807, 2.05) is 13.0 Å². The zero-order chi connectivity index (χ0) is 19.2. The second-order valence-electron chi connectivity index (χ2n) is 5.84. The first-order valence-corrected chi connectivity index (χ1v) is 8.47. The third-order valence-electron chi connectivity index (χ3n) is 3.87. The van der Waals surface area contributed by atoms with E-state index in [1.54, 1.807) is 0 Å². The summed E-state index contributed by atoms with van der Waals surface area (Å²) < 4.78 is 10.2. The summed E-state index contributed by atoms with van der Waals surface area (Å²) in [6.07, 6.45) is 0. The summed E-state index contributed by atoms with van der Waals surface area (Å²) in [5, 5.41) is 16.3. The fraction of sp³-hybridized carbons (Fsp3) is 0.438. The van der Waals surface area contributed by atoms with Gasteiger partial charge in [0.25, 0.3) is 5.91 Å². The fourth-order valence-electron chi connectivity index (χ4n) is 2.60. The summed E-state index contributed by atoms with van der Waals surface area (Å²) >= 11 is 0. The number of nitro groups is 1. The molecule has 1 saturated heterocycles. The van der Waals surface area contributed by atoms with Crippen molar-refractivity contribution in [1.29, 1.82) is 0 Å². The van der Waals surface area contributed by atoms with Crippen molar-refractivity contribution in [3.63, 3.8) is 0 Å². The molecule has 0 radical (unpaired) electrons. The number of nitrogens with one attached hydrogen (secondary N) is 2. The van der Waals surface area contributed by atoms with Gasteiger partial charge in [-0.1, -0.05) is 0 Å². The predicted molar refractivity (Wildman–Crippen MR) is 96.0 cm³/mol. The van der Waals surface area contributed by atoms with Crippen molar-refractivity contribution in [2.24, 2.45) is 0 Å². The zero-order valence-corrected chi connectivity index (χ0v) is 14.8. The van der Waals surface area contributed by atoms with E-state index in [1.165, 1.54) is 6.07 Å². The molecule has 3 rings (SSSR count). The van der Waals surface area contributed by atoms with Gasteiger partial charge >= 0.3 is 5.88 Å². The molecule has 1 aliphatic heterocycles. The number of morpholine rings is 1. The number of aryl methyl sites for hydroxylation is 1. The molecule has 144 valence electrons. The molecule has 0 aliphatic carbocycles. The Balaban J connectivity index is 1.50. The van der Waals surface area contributed by atoms with Crippen LogP contribution in [-0.2, 0) is 4.74 Å². The predicted octanol–water partition coefficient (Wildman–Crippen LogP) is 0.965. The maximum atomic E-state index is 11.9. The minimum Gasteiger partial charge on any atom is -0.395 e. The topological polar surface area (TPSA) is 136 Å². The molecule has 0 aromatic carbocycles. The number of furan rings is 1. The van der Waals surface area contributed by atoms with Crippen molar-refractivity contribution in [2.75, 3.05) is 49.6 Å². The first-order chi connectivity index (χ1) is 13.0. The number of carbonyl (C=O) groups is 1. The van der Waals surface area contributed by atoms with E-state index < -0.39 is 16.7 Å². The molecule has 2 aromatic rings. The molecule has 0 atom stereocenters. The van der Waals surface area contributed by atoms with E-state index in [2.05, 4.69) is 25.5 Å². The molecule has 2 N–H and O–H groups in total. The lowest BCUT2D eigenvalue weighted by atomic mass is 10.4. The second-order valence-corrected chi connectivity index (χ2v) is 5.84. The van der Waals surface area contributed by atoms with Crippen LogP contribution < -0.4 is 15.5 Å². The van der Waals surface area contributed by atoms with Gasteiger partial charge < -0.3 is 24.7 Å². The monoisotopic (exact) mass is 376 g/mol. The summed E-state index contributed by atoms with van der Waals surface area (Å²) in [7, 11) is 0. The lowest BCUT2D eigenvalue weighted by Crippen LogP contribution is -2.37. The number of ether oxygens (including phenoxy) is 1. The molecule has 1 aliphatic rings. The molecule has 3 heterocycles. The molecule has 0 saturated carbocycles. The smallest absolute Gasteiger partial charge is 0.395 e. The van der Waals surface area contributed by atoms with Crippen molar-refractivity contribution >= 4 is 23.4 Å². The van der Waals surface area contributed by atoms with Gasteiger partial charge in [-0.25, -0.2) is 9.97 Å². The Bertz CT molecular complexity index is 817. The molecular weight excluding hydrogens is 356 g/mol. The van der Waals surface area contributed by atoms with Crippen LogP contribution in [0.2, 0.25) is 0 Å². The molecule has 11 heteroatoms. The van der Waals surface area contributed by atoms with Gasteiger partial charge in [0.1, 0.15) is 22.4 Å². The first kappa shape index (κ1) is 18.6. The van der Waals surface area contributed by atoms with E-state index in [9.17, 15) is 14.9 Å². The summed E-state index contributed by atoms with van der Waals surface area (Å²) in [5.74, 6) is 1.05. The van der Waals surface area contributed by atoms with E-state index >= 15 is 0 Å². The van der Waals surface area contributed by atoms with E-state index in [0.717, 1.165) is 25.0 Å². The van der Waals surface area contributed by atoms with Crippen molar-refractivity contribution in [2.45, 2.75) is 6.92 Å². The molecule has 2 aromatic heterocycles. The van der Waals surface area contributed by atoms with E-state index in [0.29, 0.717) is 37.9 Å². The zero-order valence-electron chi connectivity index (χ0n) is 14.8. The maximum Gasteiger partial charge on any atom is 0.433 e. The van der Waals surface area contributed by atoms with Crippen molar-refractivity contribution in [1.82, 2.24) is 15.3 Å². The van der Waals surface area contributed by atoms with Crippen molar-refractivity contribution < 1.29 is 18.9 Å². The summed E-state index contributed by atoms with van der Waals surface area (Å²) in [4.78, 5) is 32.7. The number of aromatic nitrogens is 2. The van der Waals surface area contributed by atoms with Crippen LogP contribution in [0, 0.1) is 17.0 Å². The number of rotatable bonds is 7. The molecule has 1 fully saturated rings. The minimum atomic E-state index is -0.693. The van der Waals surface area contributed by atoms with Crippen LogP contribution in [0.5, 0.6) is 0 Å². The minimum absolute atomic E-state index is 0.103. The third-order valence-corrected chi connectivity index (χ3v) is 3.87. The second kappa shape index (κ2) is 8.45. The van der Waals surface area contributed by atoms with Crippen LogP contribution in [0.4, 0.5) is 17.5 Å². The fourth-order valence-corrected chi connectivity index (χ4v) is 2.60. The Kier molecular flexibility index (Phi) is 5.81. The van der Waals surface area contributed by atoms with Gasteiger partial charge in [0, 0.05) is 32.2 Å². The highest BCUT2D eigenvalue weighted by Gasteiger charge is 2.17. The number of hydrogen-bond donors (Lipinski definition) is 2. The van der Waals surface area contributed by atoms with Gasteiger partial charge in [0.15, 0.2) is 5.76 Å². The summed E-state index contributed by atoms with van der Waals surface area (Å²) in [5.41, 5.74) is 0. The maximum absolute atomic E-state index is 11.9. The molecule has 0 unspecified atom stereocenters. The van der Waals surface area contributed by atoms with Crippen LogP contribution in [0.15, 0.2) is 22.6 Å². The largest absolute Gasteiger partial charge is 0.433 e. The van der Waals surface area contributed by atoms with Gasteiger partial charge in [0.2, 0.25) is 0 Å². The van der Waals surface area contributed by atoms with Crippen molar-refractivity contribution in [3.8, 4) is 0 Å². The SMILES string of the molecule is Cc1nc(NCCNC(=O)c2ccc([N+](=O)[O-])o2)cc(N2CCOCC2)n1. The van der Waals surface area contributed by atoms with E-state index in [-0.39, 0.29) is 5.76 Å². The van der Waals surface area contributed by atoms with E-state index in [4.69, 9.17) is 9.15 Å². The van der Waals surface area contributed by atoms with Gasteiger partial charge in [-0.05, 0) is 13.0 Å². The molecule has 0 bridgehead atoms. The highest BCUT2D eigenvalue weighted by molar-refractivity contribution is 5.91. The average molecular weight is 376 g/mol. The van der Waals surface area contributed by atoms with Gasteiger partial charge in [0.05, 0.1) is 19.3 Å². The Hall–Kier alpha value is -3.21. The van der Waals surface area contributed by atoms with Crippen LogP contribution in [0.1, 0.15) is 16.4 Å². The average Bonchev–Trinajstić information content (AvgIpc) is 3.16. The number of anilines is 2. The Morgan fingerprint density at radius 3 is 2.78 bits per heavy atom. The normalized spacial score (nSPS) is 14.0. The van der Waals surface area contributed by atoms with Crippen LogP contribution >= 0.6 is 0 Å². The quantitative estimate of drug-likeness (QED) is 0.411. The summed E-state index contributed by atoms with van der Waals surface area (Å²) in [6, 6.07) is 4.27. The number of hydrogen-bond acceptors (Lipinski definition) is 9. The van der Waals surface area contributed by atoms with Crippen LogP contribution in [-0.4, -0.2) is 60.2 Å². The summed E-state index contributed by atoms with van der Waals surface area (Å²) in [6.45, 7) is 5.44. The highest BCUT2D eigenvalue weighted by Crippen LogP contribution is 2.17. The Morgan fingerprint density at radius 2 is 2.07 bits per heavy atom. The number of amides is 1. The van der Waals surface area contributed by atoms with Gasteiger partial charge in [-0.15, -0.1) is 0 Å². The van der Waals surface area contributed by atoms with Crippen LogP contribution in [0.3, 0.4) is 0 Å². The van der Waals surface area contributed by atoms with Crippen LogP contribution in [0.25, 0.3) is 0 Å². The van der Waals surface area contributed by atoms with Gasteiger partial charge in [-0.2, -0.15) is 0 Å². The van der Waals surface area contributed by atoms with Gasteiger partial charge in [-0.3, -0.25) is 14.9 Å². The Labute approximate surface area is 154 Å². The molecule has 0 spiro atoms. The first-order valence-electron chi connectivity index (χ1n) is 8.47. The standard InChI is InChI=1S/C16H20N6O5/c1-11-19-13(10-14(20-11)21-6-8-26-9-7-21)17-4-5-18-16(23)12-2-3-15(27-12)22(24)25/h2-3,10H,4-9H2,1H3,(H,18,23)(H,17,19,20). The lowest BCUT2D eigenvalue weighted by Gasteiger charge is -2.28. The molecule has 1 amide bonds. The highest BCUT2D eigenvalue weighted by atomic mass is 16.6. The Morgan fingerprint density at radius 1 is 1.30 bits per heavy atom. The van der Waals surface area contributed by atoms with Crippen molar-refractivity contribution in [3.05, 3.63) is 39.9 Å². The lowest BCUT2D eigenvalue weighted by molar-refractivity contribution is -0.402.